The standard InChI is InChI=1S/C17H27N3O5/c1-12(2)16-18-19-17(25-16)14-11-23-9-6-20(14)15(21)5-8-22-10-13-4-3-7-24-13/h12-14H,3-11H2,1-2H3/t13-,14-/m1/s1. The number of carbonyl (C=O) groups is 1. The third-order valence-corrected chi connectivity index (χ3v) is 4.47. The lowest BCUT2D eigenvalue weighted by Gasteiger charge is -2.33. The molecule has 0 saturated carbocycles. The lowest BCUT2D eigenvalue weighted by Crippen LogP contribution is -2.43. The Kier molecular flexibility index (Phi) is 6.39. The highest BCUT2D eigenvalue weighted by atomic mass is 16.5. The van der Waals surface area contributed by atoms with Crippen molar-refractivity contribution in [3.63, 3.8) is 0 Å². The van der Waals surface area contributed by atoms with Crippen LogP contribution < -0.4 is 0 Å². The number of hydrogen-bond acceptors (Lipinski definition) is 7. The van der Waals surface area contributed by atoms with Crippen LogP contribution in [0.2, 0.25) is 0 Å². The van der Waals surface area contributed by atoms with Crippen LogP contribution in [0.3, 0.4) is 0 Å². The van der Waals surface area contributed by atoms with Crippen molar-refractivity contribution in [2.24, 2.45) is 0 Å². The normalized spacial score (nSPS) is 24.2. The van der Waals surface area contributed by atoms with Gasteiger partial charge in [-0.25, -0.2) is 0 Å². The van der Waals surface area contributed by atoms with Gasteiger partial charge in [0.2, 0.25) is 17.7 Å². The van der Waals surface area contributed by atoms with E-state index in [0.29, 0.717) is 51.2 Å². The van der Waals surface area contributed by atoms with Gasteiger partial charge in [0.25, 0.3) is 0 Å². The molecule has 8 heteroatoms. The molecule has 1 aromatic rings. The zero-order chi connectivity index (χ0) is 17.6. The van der Waals surface area contributed by atoms with Crippen LogP contribution in [-0.4, -0.2) is 66.7 Å². The molecule has 8 nitrogen and oxygen atoms in total. The summed E-state index contributed by atoms with van der Waals surface area (Å²) in [5, 5.41) is 8.16. The number of ether oxygens (including phenoxy) is 3. The van der Waals surface area contributed by atoms with Crippen LogP contribution in [0.15, 0.2) is 4.42 Å². The summed E-state index contributed by atoms with van der Waals surface area (Å²) in [6.45, 7) is 7.16. The summed E-state index contributed by atoms with van der Waals surface area (Å²) in [5.74, 6) is 1.19. The van der Waals surface area contributed by atoms with Crippen LogP contribution in [0.5, 0.6) is 0 Å². The van der Waals surface area contributed by atoms with Crippen molar-refractivity contribution in [1.82, 2.24) is 15.1 Å². The van der Waals surface area contributed by atoms with Crippen LogP contribution in [0, 0.1) is 0 Å². The van der Waals surface area contributed by atoms with Crippen LogP contribution in [-0.2, 0) is 19.0 Å². The number of hydrogen-bond donors (Lipinski definition) is 0. The minimum Gasteiger partial charge on any atom is -0.423 e. The molecule has 140 valence electrons. The molecule has 0 unspecified atom stereocenters. The summed E-state index contributed by atoms with van der Waals surface area (Å²) in [7, 11) is 0. The SMILES string of the molecule is CC(C)c1nnc([C@H]2COCCN2C(=O)CCOC[C@H]2CCCO2)o1. The Labute approximate surface area is 147 Å². The second-order valence-corrected chi connectivity index (χ2v) is 6.77. The molecule has 1 amide bonds. The van der Waals surface area contributed by atoms with Gasteiger partial charge in [0.1, 0.15) is 6.04 Å². The Morgan fingerprint density at radius 2 is 2.24 bits per heavy atom. The topological polar surface area (TPSA) is 86.9 Å². The van der Waals surface area contributed by atoms with Gasteiger partial charge in [-0.15, -0.1) is 10.2 Å². The number of aromatic nitrogens is 2. The van der Waals surface area contributed by atoms with E-state index in [-0.39, 0.29) is 24.0 Å². The van der Waals surface area contributed by atoms with Crippen LogP contribution >= 0.6 is 0 Å². The van der Waals surface area contributed by atoms with Crippen molar-refractivity contribution in [1.29, 1.82) is 0 Å². The van der Waals surface area contributed by atoms with Crippen molar-refractivity contribution in [2.75, 3.05) is 39.6 Å². The van der Waals surface area contributed by atoms with E-state index in [0.717, 1.165) is 19.4 Å². The Hall–Kier alpha value is -1.51. The van der Waals surface area contributed by atoms with Crippen molar-refractivity contribution >= 4 is 5.91 Å². The molecule has 2 aliphatic heterocycles. The van der Waals surface area contributed by atoms with Crippen LogP contribution in [0.4, 0.5) is 0 Å². The highest BCUT2D eigenvalue weighted by Crippen LogP contribution is 2.25. The summed E-state index contributed by atoms with van der Waals surface area (Å²) in [4.78, 5) is 14.3. The number of amides is 1. The third kappa shape index (κ3) is 4.77. The Bertz CT molecular complexity index is 556. The quantitative estimate of drug-likeness (QED) is 0.689. The molecule has 0 N–H and O–H groups in total. The summed E-state index contributed by atoms with van der Waals surface area (Å²) >= 11 is 0. The zero-order valence-corrected chi connectivity index (χ0v) is 15.0. The first-order chi connectivity index (χ1) is 12.1. The van der Waals surface area contributed by atoms with Crippen molar-refractivity contribution in [3.05, 3.63) is 11.8 Å². The summed E-state index contributed by atoms with van der Waals surface area (Å²) in [6, 6.07) is -0.320. The van der Waals surface area contributed by atoms with E-state index >= 15 is 0 Å². The van der Waals surface area contributed by atoms with E-state index in [1.165, 1.54) is 0 Å². The van der Waals surface area contributed by atoms with Gasteiger partial charge in [-0.05, 0) is 12.8 Å². The van der Waals surface area contributed by atoms with Gasteiger partial charge in [-0.2, -0.15) is 0 Å². The molecule has 0 bridgehead atoms. The number of rotatable bonds is 7. The Morgan fingerprint density at radius 3 is 2.96 bits per heavy atom. The summed E-state index contributed by atoms with van der Waals surface area (Å²) in [5.41, 5.74) is 0. The summed E-state index contributed by atoms with van der Waals surface area (Å²) < 4.78 is 22.3. The largest absolute Gasteiger partial charge is 0.423 e. The fourth-order valence-corrected chi connectivity index (χ4v) is 3.01. The fourth-order valence-electron chi connectivity index (χ4n) is 3.01. The minimum atomic E-state index is -0.320. The lowest BCUT2D eigenvalue weighted by molar-refractivity contribution is -0.142. The van der Waals surface area contributed by atoms with E-state index in [2.05, 4.69) is 10.2 Å². The van der Waals surface area contributed by atoms with Crippen LogP contribution in [0.1, 0.15) is 56.9 Å². The molecule has 0 aromatic carbocycles. The number of carbonyl (C=O) groups excluding carboxylic acids is 1. The molecule has 25 heavy (non-hydrogen) atoms. The second-order valence-electron chi connectivity index (χ2n) is 6.77. The Balaban J connectivity index is 1.51. The number of nitrogens with zero attached hydrogens (tertiary/aromatic N) is 3. The van der Waals surface area contributed by atoms with E-state index in [9.17, 15) is 4.79 Å². The second kappa shape index (κ2) is 8.73. The third-order valence-electron chi connectivity index (χ3n) is 4.47. The molecule has 0 spiro atoms. The molecule has 2 saturated heterocycles. The van der Waals surface area contributed by atoms with Gasteiger partial charge in [-0.1, -0.05) is 13.8 Å². The fraction of sp³-hybridized carbons (Fsp3) is 0.824. The van der Waals surface area contributed by atoms with Crippen molar-refractivity contribution in [2.45, 2.75) is 51.2 Å². The first kappa shape index (κ1) is 18.3. The highest BCUT2D eigenvalue weighted by Gasteiger charge is 2.32. The maximum absolute atomic E-state index is 12.6. The molecule has 1 aromatic heterocycles. The molecule has 2 aliphatic rings. The van der Waals surface area contributed by atoms with E-state index in [4.69, 9.17) is 18.6 Å². The maximum atomic E-state index is 12.6. The van der Waals surface area contributed by atoms with Gasteiger partial charge in [0, 0.05) is 19.1 Å². The zero-order valence-electron chi connectivity index (χ0n) is 15.0. The summed E-state index contributed by atoms with van der Waals surface area (Å²) in [6.07, 6.45) is 2.63. The average molecular weight is 353 g/mol. The maximum Gasteiger partial charge on any atom is 0.241 e. The molecule has 2 atom stereocenters. The van der Waals surface area contributed by atoms with Crippen LogP contribution in [0.25, 0.3) is 0 Å². The smallest absolute Gasteiger partial charge is 0.241 e. The van der Waals surface area contributed by atoms with E-state index < -0.39 is 0 Å². The molecular weight excluding hydrogens is 326 g/mol. The minimum absolute atomic E-state index is 0.0185. The Morgan fingerprint density at radius 1 is 1.36 bits per heavy atom. The first-order valence-electron chi connectivity index (χ1n) is 9.05. The van der Waals surface area contributed by atoms with Gasteiger partial charge < -0.3 is 23.5 Å². The van der Waals surface area contributed by atoms with Gasteiger partial charge >= 0.3 is 0 Å². The predicted octanol–water partition coefficient (Wildman–Crippen LogP) is 1.68. The van der Waals surface area contributed by atoms with Gasteiger partial charge in [0.05, 0.1) is 39.0 Å². The van der Waals surface area contributed by atoms with Crippen molar-refractivity contribution in [3.8, 4) is 0 Å². The molecule has 0 aliphatic carbocycles. The van der Waals surface area contributed by atoms with Gasteiger partial charge in [-0.3, -0.25) is 4.79 Å². The van der Waals surface area contributed by atoms with Gasteiger partial charge in [0.15, 0.2) is 0 Å². The lowest BCUT2D eigenvalue weighted by atomic mass is 10.2. The predicted molar refractivity (Wildman–Crippen MR) is 88.1 cm³/mol. The number of morpholine rings is 1. The first-order valence-corrected chi connectivity index (χ1v) is 9.05. The van der Waals surface area contributed by atoms with Crippen molar-refractivity contribution < 1.29 is 23.4 Å². The van der Waals surface area contributed by atoms with E-state index in [1.54, 1.807) is 4.90 Å². The monoisotopic (exact) mass is 353 g/mol. The molecule has 3 rings (SSSR count). The average Bonchev–Trinajstić information content (AvgIpc) is 3.30. The molecule has 3 heterocycles. The molecule has 0 radical (unpaired) electrons. The molecule has 2 fully saturated rings. The van der Waals surface area contributed by atoms with E-state index in [1.807, 2.05) is 13.8 Å². The highest BCUT2D eigenvalue weighted by molar-refractivity contribution is 5.76. The molecular formula is C17H27N3O5.